The van der Waals surface area contributed by atoms with Crippen molar-refractivity contribution in [3.63, 3.8) is 0 Å². The lowest BCUT2D eigenvalue weighted by Gasteiger charge is -2.50. The molecule has 2 aromatic heterocycles. The molecule has 3 aromatic rings. The fourth-order valence-electron chi connectivity index (χ4n) is 4.65. The molecule has 2 bridgehead atoms. The Morgan fingerprint density at radius 3 is 2.69 bits per heavy atom. The number of rotatable bonds is 4. The standard InChI is InChI=1S/C22H24N6O/c1-15-6-9-21(23-13-15)26-18-12-16-7-8-20(18)27(14-16)22(29)17-4-2-3-5-19(17)28-24-10-11-25-28/h2-6,9-11,13,16,18,20H,7-8,12,14H2,1H3,(H,23,26)/t16-,18+,20-/m0/s1. The zero-order chi connectivity index (χ0) is 19.8. The number of nitrogens with zero attached hydrogens (tertiary/aromatic N) is 5. The number of aryl methyl sites for hydroxylation is 1. The van der Waals surface area contributed by atoms with Crippen molar-refractivity contribution in [1.82, 2.24) is 24.9 Å². The summed E-state index contributed by atoms with van der Waals surface area (Å²) in [5.41, 5.74) is 2.50. The fraction of sp³-hybridized carbons (Fsp3) is 0.364. The van der Waals surface area contributed by atoms with Gasteiger partial charge in [-0.15, -0.1) is 0 Å². The van der Waals surface area contributed by atoms with E-state index in [-0.39, 0.29) is 18.0 Å². The number of pyridine rings is 1. The van der Waals surface area contributed by atoms with E-state index in [2.05, 4.69) is 26.6 Å². The van der Waals surface area contributed by atoms with E-state index in [0.29, 0.717) is 17.2 Å². The van der Waals surface area contributed by atoms with E-state index < -0.39 is 0 Å². The van der Waals surface area contributed by atoms with Crippen LogP contribution in [0.3, 0.4) is 0 Å². The SMILES string of the molecule is Cc1ccc(N[C@@H]2C[C@@H]3CC[C@@H]2N(C(=O)c2ccccc2-n2nccn2)C3)nc1. The molecule has 29 heavy (non-hydrogen) atoms. The van der Waals surface area contributed by atoms with Gasteiger partial charge < -0.3 is 10.2 Å². The monoisotopic (exact) mass is 388 g/mol. The number of hydrogen-bond acceptors (Lipinski definition) is 5. The molecule has 1 N–H and O–H groups in total. The van der Waals surface area contributed by atoms with Crippen molar-refractivity contribution in [2.24, 2.45) is 5.92 Å². The van der Waals surface area contributed by atoms with Gasteiger partial charge in [-0.3, -0.25) is 4.79 Å². The molecule has 1 aliphatic carbocycles. The highest BCUT2D eigenvalue weighted by Gasteiger charge is 2.43. The summed E-state index contributed by atoms with van der Waals surface area (Å²) in [7, 11) is 0. The highest BCUT2D eigenvalue weighted by molar-refractivity contribution is 5.98. The molecule has 3 fully saturated rings. The van der Waals surface area contributed by atoms with Gasteiger partial charge in [0.15, 0.2) is 0 Å². The number of aromatic nitrogens is 4. The Morgan fingerprint density at radius 1 is 1.10 bits per heavy atom. The lowest BCUT2D eigenvalue weighted by Crippen LogP contribution is -2.59. The van der Waals surface area contributed by atoms with Gasteiger partial charge in [-0.2, -0.15) is 15.0 Å². The molecule has 0 unspecified atom stereocenters. The third-order valence-electron chi connectivity index (χ3n) is 6.05. The summed E-state index contributed by atoms with van der Waals surface area (Å²) in [5.74, 6) is 1.44. The molecule has 2 saturated heterocycles. The van der Waals surface area contributed by atoms with Crippen LogP contribution in [-0.4, -0.2) is 49.4 Å². The normalized spacial score (nSPS) is 23.2. The van der Waals surface area contributed by atoms with Crippen LogP contribution in [0.2, 0.25) is 0 Å². The first kappa shape index (κ1) is 17.8. The number of nitrogens with one attached hydrogen (secondary N) is 1. The van der Waals surface area contributed by atoms with E-state index >= 15 is 0 Å². The summed E-state index contributed by atoms with van der Waals surface area (Å²) < 4.78 is 0. The Morgan fingerprint density at radius 2 is 1.93 bits per heavy atom. The number of para-hydroxylation sites is 1. The molecule has 6 rings (SSSR count). The quantitative estimate of drug-likeness (QED) is 0.743. The van der Waals surface area contributed by atoms with Gasteiger partial charge in [0, 0.05) is 18.8 Å². The van der Waals surface area contributed by atoms with Crippen molar-refractivity contribution in [2.75, 3.05) is 11.9 Å². The summed E-state index contributed by atoms with van der Waals surface area (Å²) in [6.45, 7) is 2.84. The minimum atomic E-state index is 0.0518. The molecule has 1 saturated carbocycles. The minimum Gasteiger partial charge on any atom is -0.365 e. The number of carbonyl (C=O) groups excluding carboxylic acids is 1. The second-order valence-corrected chi connectivity index (χ2v) is 8.01. The van der Waals surface area contributed by atoms with E-state index in [1.54, 1.807) is 12.4 Å². The van der Waals surface area contributed by atoms with Gasteiger partial charge in [0.1, 0.15) is 5.82 Å². The highest BCUT2D eigenvalue weighted by Crippen LogP contribution is 2.37. The van der Waals surface area contributed by atoms with Crippen LogP contribution in [0.25, 0.3) is 5.69 Å². The average Bonchev–Trinajstić information content (AvgIpc) is 3.30. The molecule has 7 heteroatoms. The van der Waals surface area contributed by atoms with Gasteiger partial charge in [-0.05, 0) is 55.9 Å². The third-order valence-corrected chi connectivity index (χ3v) is 6.05. The summed E-state index contributed by atoms with van der Waals surface area (Å²) in [6, 6.07) is 12.0. The minimum absolute atomic E-state index is 0.0518. The van der Waals surface area contributed by atoms with Crippen LogP contribution in [-0.2, 0) is 0 Å². The molecule has 7 nitrogen and oxygen atoms in total. The average molecular weight is 388 g/mol. The Kier molecular flexibility index (Phi) is 4.50. The maximum atomic E-state index is 13.6. The first-order valence-electron chi connectivity index (χ1n) is 10.1. The van der Waals surface area contributed by atoms with Crippen LogP contribution < -0.4 is 5.32 Å². The summed E-state index contributed by atoms with van der Waals surface area (Å²) in [5, 5.41) is 12.0. The third kappa shape index (κ3) is 3.37. The van der Waals surface area contributed by atoms with Crippen molar-refractivity contribution >= 4 is 11.7 Å². The number of amides is 1. The van der Waals surface area contributed by atoms with E-state index in [4.69, 9.17) is 0 Å². The second kappa shape index (κ2) is 7.31. The molecular weight excluding hydrogens is 364 g/mol. The largest absolute Gasteiger partial charge is 0.365 e. The van der Waals surface area contributed by atoms with Crippen molar-refractivity contribution in [3.05, 3.63) is 66.1 Å². The molecule has 2 aliphatic heterocycles. The predicted molar refractivity (Wildman–Crippen MR) is 110 cm³/mol. The number of carbonyl (C=O) groups is 1. The Bertz CT molecular complexity index is 1000. The Hall–Kier alpha value is -3.22. The Labute approximate surface area is 169 Å². The first-order valence-corrected chi connectivity index (χ1v) is 10.1. The number of anilines is 1. The smallest absolute Gasteiger partial charge is 0.256 e. The van der Waals surface area contributed by atoms with E-state index in [1.807, 2.05) is 48.4 Å². The summed E-state index contributed by atoms with van der Waals surface area (Å²) in [6.07, 6.45) is 8.39. The molecule has 148 valence electrons. The maximum Gasteiger partial charge on any atom is 0.256 e. The number of piperidine rings is 2. The highest BCUT2D eigenvalue weighted by atomic mass is 16.2. The van der Waals surface area contributed by atoms with Gasteiger partial charge in [0.25, 0.3) is 5.91 Å². The van der Waals surface area contributed by atoms with Gasteiger partial charge in [0.2, 0.25) is 0 Å². The van der Waals surface area contributed by atoms with Gasteiger partial charge in [-0.1, -0.05) is 18.2 Å². The van der Waals surface area contributed by atoms with Crippen molar-refractivity contribution < 1.29 is 4.79 Å². The van der Waals surface area contributed by atoms with Crippen molar-refractivity contribution in [1.29, 1.82) is 0 Å². The van der Waals surface area contributed by atoms with E-state index in [9.17, 15) is 4.79 Å². The van der Waals surface area contributed by atoms with Crippen LogP contribution in [0, 0.1) is 12.8 Å². The fourth-order valence-corrected chi connectivity index (χ4v) is 4.65. The maximum absolute atomic E-state index is 13.6. The molecule has 3 aliphatic rings. The van der Waals surface area contributed by atoms with Crippen LogP contribution >= 0.6 is 0 Å². The lowest BCUT2D eigenvalue weighted by atomic mass is 9.76. The molecule has 4 heterocycles. The van der Waals surface area contributed by atoms with Gasteiger partial charge in [0.05, 0.1) is 29.7 Å². The zero-order valence-corrected chi connectivity index (χ0v) is 16.4. The summed E-state index contributed by atoms with van der Waals surface area (Å²) >= 11 is 0. The topological polar surface area (TPSA) is 75.9 Å². The lowest BCUT2D eigenvalue weighted by molar-refractivity contribution is 0.0281. The molecule has 3 atom stereocenters. The predicted octanol–water partition coefficient (Wildman–Crippen LogP) is 3.08. The van der Waals surface area contributed by atoms with Gasteiger partial charge in [-0.25, -0.2) is 4.98 Å². The van der Waals surface area contributed by atoms with Crippen molar-refractivity contribution in [2.45, 2.75) is 38.3 Å². The van der Waals surface area contributed by atoms with E-state index in [1.165, 1.54) is 11.2 Å². The molecule has 0 spiro atoms. The van der Waals surface area contributed by atoms with E-state index in [0.717, 1.165) is 30.8 Å². The van der Waals surface area contributed by atoms with Crippen LogP contribution in [0.4, 0.5) is 5.82 Å². The Balaban J connectivity index is 1.41. The molecular formula is C22H24N6O. The molecule has 1 amide bonds. The van der Waals surface area contributed by atoms with Crippen LogP contribution in [0.15, 0.2) is 55.0 Å². The van der Waals surface area contributed by atoms with Crippen LogP contribution in [0.1, 0.15) is 35.2 Å². The number of benzene rings is 1. The first-order chi connectivity index (χ1) is 14.2. The van der Waals surface area contributed by atoms with Gasteiger partial charge >= 0.3 is 0 Å². The molecule has 0 radical (unpaired) electrons. The second-order valence-electron chi connectivity index (χ2n) is 8.01. The van der Waals surface area contributed by atoms with Crippen LogP contribution in [0.5, 0.6) is 0 Å². The van der Waals surface area contributed by atoms with Crippen molar-refractivity contribution in [3.8, 4) is 5.69 Å². The summed E-state index contributed by atoms with van der Waals surface area (Å²) in [4.78, 5) is 21.6. The zero-order valence-electron chi connectivity index (χ0n) is 16.4. The number of hydrogen-bond donors (Lipinski definition) is 1. The number of fused-ring (bicyclic) bond motifs is 3. The molecule has 1 aromatic carbocycles.